The van der Waals surface area contributed by atoms with Gasteiger partial charge in [-0.25, -0.2) is 0 Å². The van der Waals surface area contributed by atoms with Crippen LogP contribution in [0.2, 0.25) is 0 Å². The number of aromatic hydroxyl groups is 1. The molecule has 0 fully saturated rings. The molecule has 0 heterocycles. The minimum absolute atomic E-state index is 0.107. The summed E-state index contributed by atoms with van der Waals surface area (Å²) in [6.07, 6.45) is 0. The first-order valence-electron chi connectivity index (χ1n) is 5.08. The minimum Gasteiger partial charge on any atom is -0.512 e. The van der Waals surface area contributed by atoms with E-state index in [1.54, 1.807) is 48.5 Å². The van der Waals surface area contributed by atoms with Crippen molar-refractivity contribution >= 4 is 7.32 Å². The van der Waals surface area contributed by atoms with Crippen molar-refractivity contribution in [2.45, 2.75) is 0 Å². The highest BCUT2D eigenvalue weighted by Crippen LogP contribution is 2.35. The van der Waals surface area contributed by atoms with Crippen molar-refractivity contribution in [1.82, 2.24) is 0 Å². The van der Waals surface area contributed by atoms with Gasteiger partial charge in [0.2, 0.25) is 0 Å². The molecule has 0 aromatic heterocycles. The summed E-state index contributed by atoms with van der Waals surface area (Å²) in [5, 5.41) is 27.4. The SMILES string of the molecule is OB(O)Oc1ccccc1-c1ccccc1O. The molecule has 0 unspecified atom stereocenters. The second kappa shape index (κ2) is 4.90. The van der Waals surface area contributed by atoms with Crippen molar-refractivity contribution in [2.75, 3.05) is 0 Å². The fourth-order valence-corrected chi connectivity index (χ4v) is 1.61. The Balaban J connectivity index is 2.48. The molecule has 0 radical (unpaired) electrons. The molecule has 17 heavy (non-hydrogen) atoms. The monoisotopic (exact) mass is 230 g/mol. The second-order valence-electron chi connectivity index (χ2n) is 3.46. The highest BCUT2D eigenvalue weighted by Gasteiger charge is 2.15. The molecule has 2 aromatic carbocycles. The van der Waals surface area contributed by atoms with Gasteiger partial charge in [0.05, 0.1) is 0 Å². The number of phenolic OH excluding ortho intramolecular Hbond substituents is 1. The van der Waals surface area contributed by atoms with Crippen LogP contribution in [0.1, 0.15) is 0 Å². The Morgan fingerprint density at radius 1 is 0.824 bits per heavy atom. The number of rotatable bonds is 3. The van der Waals surface area contributed by atoms with Gasteiger partial charge in [-0.15, -0.1) is 0 Å². The zero-order valence-electron chi connectivity index (χ0n) is 8.95. The lowest BCUT2D eigenvalue weighted by Gasteiger charge is -2.11. The van der Waals surface area contributed by atoms with E-state index in [4.69, 9.17) is 14.7 Å². The number of para-hydroxylation sites is 2. The maximum atomic E-state index is 9.74. The number of hydrogen-bond donors (Lipinski definition) is 3. The zero-order chi connectivity index (χ0) is 12.3. The van der Waals surface area contributed by atoms with E-state index in [0.717, 1.165) is 0 Å². The Kier molecular flexibility index (Phi) is 3.32. The van der Waals surface area contributed by atoms with Crippen molar-refractivity contribution < 1.29 is 19.8 Å². The van der Waals surface area contributed by atoms with Crippen LogP contribution in [0.5, 0.6) is 11.5 Å². The van der Waals surface area contributed by atoms with E-state index >= 15 is 0 Å². The fraction of sp³-hybridized carbons (Fsp3) is 0. The first-order valence-corrected chi connectivity index (χ1v) is 5.08. The summed E-state index contributed by atoms with van der Waals surface area (Å²) < 4.78 is 4.85. The Morgan fingerprint density at radius 2 is 1.41 bits per heavy atom. The molecule has 0 aliphatic carbocycles. The zero-order valence-corrected chi connectivity index (χ0v) is 8.95. The van der Waals surface area contributed by atoms with Crippen molar-refractivity contribution in [3.8, 4) is 22.6 Å². The lowest BCUT2D eigenvalue weighted by atomic mass is 10.0. The highest BCUT2D eigenvalue weighted by molar-refractivity contribution is 6.34. The first kappa shape index (κ1) is 11.5. The molecule has 0 aliphatic rings. The molecular formula is C12H11BO4. The molecule has 0 bridgehead atoms. The van der Waals surface area contributed by atoms with Crippen LogP contribution >= 0.6 is 0 Å². The van der Waals surface area contributed by atoms with Crippen LogP contribution in [0.3, 0.4) is 0 Å². The molecule has 0 saturated heterocycles. The summed E-state index contributed by atoms with van der Waals surface area (Å²) in [6.45, 7) is 0. The molecule has 4 nitrogen and oxygen atoms in total. The predicted octanol–water partition coefficient (Wildman–Crippen LogP) is 1.41. The van der Waals surface area contributed by atoms with Crippen LogP contribution in [0, 0.1) is 0 Å². The van der Waals surface area contributed by atoms with Crippen molar-refractivity contribution in [3.05, 3.63) is 48.5 Å². The molecule has 0 amide bonds. The summed E-state index contributed by atoms with van der Waals surface area (Å²) in [4.78, 5) is 0. The molecular weight excluding hydrogens is 219 g/mol. The smallest absolute Gasteiger partial charge is 0.512 e. The third-order valence-electron chi connectivity index (χ3n) is 2.31. The average Bonchev–Trinajstić information content (AvgIpc) is 2.30. The molecule has 0 spiro atoms. The highest BCUT2D eigenvalue weighted by atomic mass is 16.6. The largest absolute Gasteiger partial charge is 0.707 e. The van der Waals surface area contributed by atoms with Gasteiger partial charge in [-0.2, -0.15) is 0 Å². The van der Waals surface area contributed by atoms with Gasteiger partial charge in [-0.1, -0.05) is 36.4 Å². The van der Waals surface area contributed by atoms with Gasteiger partial charge in [0, 0.05) is 11.1 Å². The standard InChI is InChI=1S/C12H11BO4/c14-11-7-3-1-5-9(11)10-6-2-4-8-12(10)17-13(15)16/h1-8,14-16H. The van der Waals surface area contributed by atoms with Gasteiger partial charge in [-0.05, 0) is 12.1 Å². The van der Waals surface area contributed by atoms with Crippen molar-refractivity contribution in [3.63, 3.8) is 0 Å². The number of hydrogen-bond acceptors (Lipinski definition) is 4. The fourth-order valence-electron chi connectivity index (χ4n) is 1.61. The van der Waals surface area contributed by atoms with Crippen LogP contribution in [-0.2, 0) is 0 Å². The Labute approximate surface area is 98.9 Å². The van der Waals surface area contributed by atoms with Crippen LogP contribution in [-0.4, -0.2) is 22.5 Å². The van der Waals surface area contributed by atoms with E-state index in [1.165, 1.54) is 0 Å². The summed E-state index contributed by atoms with van der Waals surface area (Å²) in [5.41, 5.74) is 1.17. The summed E-state index contributed by atoms with van der Waals surface area (Å²) in [7, 11) is -1.89. The van der Waals surface area contributed by atoms with Crippen LogP contribution in [0.25, 0.3) is 11.1 Å². The molecule has 2 aromatic rings. The van der Waals surface area contributed by atoms with Gasteiger partial charge >= 0.3 is 7.32 Å². The molecule has 5 heteroatoms. The van der Waals surface area contributed by atoms with E-state index in [9.17, 15) is 5.11 Å². The second-order valence-corrected chi connectivity index (χ2v) is 3.46. The molecule has 3 N–H and O–H groups in total. The first-order chi connectivity index (χ1) is 8.18. The van der Waals surface area contributed by atoms with E-state index in [0.29, 0.717) is 16.9 Å². The lowest BCUT2D eigenvalue weighted by molar-refractivity contribution is 0.288. The van der Waals surface area contributed by atoms with Crippen LogP contribution in [0.15, 0.2) is 48.5 Å². The summed E-state index contributed by atoms with van der Waals surface area (Å²) >= 11 is 0. The predicted molar refractivity (Wildman–Crippen MR) is 64.4 cm³/mol. The minimum atomic E-state index is -1.89. The Morgan fingerprint density at radius 3 is 2.06 bits per heavy atom. The van der Waals surface area contributed by atoms with Gasteiger partial charge in [0.15, 0.2) is 0 Å². The van der Waals surface area contributed by atoms with Crippen LogP contribution < -0.4 is 4.65 Å². The van der Waals surface area contributed by atoms with Gasteiger partial charge in [-0.3, -0.25) is 0 Å². The maximum Gasteiger partial charge on any atom is 0.707 e. The molecule has 0 saturated carbocycles. The number of benzene rings is 2. The normalized spacial score (nSPS) is 10.0. The Bertz CT molecular complexity index is 513. The van der Waals surface area contributed by atoms with E-state index in [1.807, 2.05) is 0 Å². The Hall–Kier alpha value is -1.98. The topological polar surface area (TPSA) is 69.9 Å². The van der Waals surface area contributed by atoms with Gasteiger partial charge in [0.1, 0.15) is 11.5 Å². The van der Waals surface area contributed by atoms with E-state index in [-0.39, 0.29) is 5.75 Å². The van der Waals surface area contributed by atoms with E-state index < -0.39 is 7.32 Å². The third kappa shape index (κ3) is 2.58. The third-order valence-corrected chi connectivity index (χ3v) is 2.31. The molecule has 86 valence electrons. The number of phenols is 1. The lowest BCUT2D eigenvalue weighted by Crippen LogP contribution is -2.20. The quantitative estimate of drug-likeness (QED) is 0.697. The summed E-state index contributed by atoms with van der Waals surface area (Å²) in [6, 6.07) is 13.6. The van der Waals surface area contributed by atoms with Crippen molar-refractivity contribution in [1.29, 1.82) is 0 Å². The van der Waals surface area contributed by atoms with Gasteiger partial charge in [0.25, 0.3) is 0 Å². The van der Waals surface area contributed by atoms with Gasteiger partial charge < -0.3 is 19.8 Å². The van der Waals surface area contributed by atoms with Crippen LogP contribution in [0.4, 0.5) is 0 Å². The van der Waals surface area contributed by atoms with E-state index in [2.05, 4.69) is 0 Å². The average molecular weight is 230 g/mol. The summed E-state index contributed by atoms with van der Waals surface area (Å²) in [5.74, 6) is 0.403. The molecule has 0 atom stereocenters. The maximum absolute atomic E-state index is 9.74. The molecule has 2 rings (SSSR count). The molecule has 0 aliphatic heterocycles. The van der Waals surface area contributed by atoms with Crippen molar-refractivity contribution in [2.24, 2.45) is 0 Å².